The van der Waals surface area contributed by atoms with E-state index in [0.29, 0.717) is 0 Å². The van der Waals surface area contributed by atoms with Crippen LogP contribution >= 0.6 is 0 Å². The first-order valence-electron chi connectivity index (χ1n) is 10.1. The Kier molecular flexibility index (Phi) is 7.53. The third-order valence-electron chi connectivity index (χ3n) is 5.04. The molecule has 3 N–H and O–H groups in total. The quantitative estimate of drug-likeness (QED) is 0.320. The number of rotatable bonds is 9. The van der Waals surface area contributed by atoms with Gasteiger partial charge >= 0.3 is 5.69 Å². The lowest BCUT2D eigenvalue weighted by Crippen LogP contribution is -2.36. The van der Waals surface area contributed by atoms with E-state index < -0.39 is 33.6 Å². The molecule has 178 valence electrons. The van der Waals surface area contributed by atoms with Crippen LogP contribution in [-0.4, -0.2) is 34.1 Å². The van der Waals surface area contributed by atoms with Crippen LogP contribution in [0.15, 0.2) is 52.1 Å². The van der Waals surface area contributed by atoms with Crippen LogP contribution in [0.25, 0.3) is 0 Å². The van der Waals surface area contributed by atoms with E-state index in [4.69, 9.17) is 4.74 Å². The van der Waals surface area contributed by atoms with Crippen LogP contribution < -0.4 is 21.9 Å². The van der Waals surface area contributed by atoms with E-state index in [1.807, 2.05) is 30.3 Å². The summed E-state index contributed by atoms with van der Waals surface area (Å²) < 4.78 is 20.3. The van der Waals surface area contributed by atoms with Crippen molar-refractivity contribution in [2.75, 3.05) is 24.4 Å². The van der Waals surface area contributed by atoms with E-state index in [1.54, 1.807) is 0 Å². The van der Waals surface area contributed by atoms with Crippen molar-refractivity contribution in [3.63, 3.8) is 0 Å². The van der Waals surface area contributed by atoms with Crippen molar-refractivity contribution in [1.29, 1.82) is 0 Å². The number of aromatic nitrogens is 2. The van der Waals surface area contributed by atoms with Gasteiger partial charge in [-0.15, -0.1) is 0 Å². The number of amides is 1. The first kappa shape index (κ1) is 24.3. The summed E-state index contributed by atoms with van der Waals surface area (Å²) in [5, 5.41) is 16.6. The Labute approximate surface area is 192 Å². The summed E-state index contributed by atoms with van der Waals surface area (Å²) in [6.07, 6.45) is 0. The zero-order valence-corrected chi connectivity index (χ0v) is 18.4. The number of H-pyrrole nitrogens is 1. The average molecular weight is 471 g/mol. The fourth-order valence-electron chi connectivity index (χ4n) is 3.21. The number of methoxy groups -OCH3 is 1. The lowest BCUT2D eigenvalue weighted by atomic mass is 10.1. The van der Waals surface area contributed by atoms with Gasteiger partial charge in [0.05, 0.1) is 23.6 Å². The molecule has 3 aromatic rings. The Morgan fingerprint density at radius 2 is 1.94 bits per heavy atom. The molecule has 11 nitrogen and oxygen atoms in total. The number of nitro groups is 1. The summed E-state index contributed by atoms with van der Waals surface area (Å²) in [6.45, 7) is 1.47. The summed E-state index contributed by atoms with van der Waals surface area (Å²) >= 11 is 0. The van der Waals surface area contributed by atoms with Crippen molar-refractivity contribution < 1.29 is 18.8 Å². The minimum absolute atomic E-state index is 0.0237. The van der Waals surface area contributed by atoms with E-state index in [-0.39, 0.29) is 42.3 Å². The maximum atomic E-state index is 14.2. The van der Waals surface area contributed by atoms with E-state index in [2.05, 4.69) is 15.6 Å². The third-order valence-corrected chi connectivity index (χ3v) is 5.04. The van der Waals surface area contributed by atoms with E-state index in [0.717, 1.165) is 22.3 Å². The molecule has 0 aliphatic rings. The van der Waals surface area contributed by atoms with E-state index in [9.17, 15) is 28.9 Å². The second-order valence-electron chi connectivity index (χ2n) is 7.28. The van der Waals surface area contributed by atoms with Crippen LogP contribution in [0.1, 0.15) is 21.5 Å². The summed E-state index contributed by atoms with van der Waals surface area (Å²) in [5.74, 6) is -2.07. The van der Waals surface area contributed by atoms with Gasteiger partial charge in [-0.05, 0) is 18.6 Å². The zero-order valence-electron chi connectivity index (χ0n) is 18.4. The molecule has 34 heavy (non-hydrogen) atoms. The van der Waals surface area contributed by atoms with Crippen LogP contribution in [0.2, 0.25) is 0 Å². The van der Waals surface area contributed by atoms with Gasteiger partial charge in [-0.3, -0.25) is 29.3 Å². The molecule has 0 radical (unpaired) electrons. The predicted molar refractivity (Wildman–Crippen MR) is 123 cm³/mol. The highest BCUT2D eigenvalue weighted by molar-refractivity contribution is 6.05. The molecule has 0 aliphatic carbocycles. The summed E-state index contributed by atoms with van der Waals surface area (Å²) in [4.78, 5) is 50.6. The normalized spacial score (nSPS) is 10.7. The topological polar surface area (TPSA) is 148 Å². The number of hydrogen-bond acceptors (Lipinski definition) is 7. The van der Waals surface area contributed by atoms with Gasteiger partial charge in [-0.1, -0.05) is 30.3 Å². The SMILES string of the molecule is COCCn1c(NC(=O)c2cc(F)c(C)c([N+](=O)[O-])c2)c(NCc2ccccc2)c(=O)[nH]c1=O. The second kappa shape index (κ2) is 10.5. The van der Waals surface area contributed by atoms with Gasteiger partial charge in [0, 0.05) is 25.3 Å². The lowest BCUT2D eigenvalue weighted by Gasteiger charge is -2.18. The molecule has 1 heterocycles. The molecular formula is C22H22FN5O6. The number of nitrogens with zero attached hydrogens (tertiary/aromatic N) is 2. The van der Waals surface area contributed by atoms with Crippen LogP contribution in [0.5, 0.6) is 0 Å². The Hall–Kier alpha value is -4.32. The van der Waals surface area contributed by atoms with Crippen LogP contribution in [0.4, 0.5) is 21.6 Å². The molecule has 2 aromatic carbocycles. The molecule has 0 spiro atoms. The van der Waals surface area contributed by atoms with Crippen molar-refractivity contribution in [3.8, 4) is 0 Å². The number of ether oxygens (including phenoxy) is 1. The molecule has 1 amide bonds. The van der Waals surface area contributed by atoms with E-state index in [1.165, 1.54) is 14.0 Å². The molecule has 0 saturated heterocycles. The molecule has 3 rings (SSSR count). The summed E-state index contributed by atoms with van der Waals surface area (Å²) in [6, 6.07) is 10.8. The molecule has 0 aliphatic heterocycles. The highest BCUT2D eigenvalue weighted by Gasteiger charge is 2.22. The summed E-state index contributed by atoms with van der Waals surface area (Å²) in [7, 11) is 1.41. The minimum Gasteiger partial charge on any atom is -0.383 e. The van der Waals surface area contributed by atoms with Gasteiger partial charge in [-0.25, -0.2) is 9.18 Å². The number of nitro benzene ring substituents is 1. The van der Waals surface area contributed by atoms with Crippen molar-refractivity contribution in [1.82, 2.24) is 9.55 Å². The van der Waals surface area contributed by atoms with Gasteiger partial charge < -0.3 is 15.4 Å². The van der Waals surface area contributed by atoms with Crippen LogP contribution in [-0.2, 0) is 17.8 Å². The molecule has 0 bridgehead atoms. The van der Waals surface area contributed by atoms with Crippen molar-refractivity contribution >= 4 is 23.1 Å². The van der Waals surface area contributed by atoms with Crippen molar-refractivity contribution in [2.45, 2.75) is 20.0 Å². The standard InChI is InChI=1S/C22H22FN5O6/c1-13-16(23)10-15(11-17(13)28(32)33)20(29)25-19-18(24-12-14-6-4-3-5-7-14)21(30)26-22(31)27(19)8-9-34-2/h3-7,10-11,24H,8-9,12H2,1-2H3,(H,25,29)(H,26,30,31). The van der Waals surface area contributed by atoms with Gasteiger partial charge in [0.15, 0.2) is 0 Å². The number of hydrogen-bond donors (Lipinski definition) is 3. The minimum atomic E-state index is -0.944. The van der Waals surface area contributed by atoms with Gasteiger partial charge in [0.1, 0.15) is 17.3 Å². The smallest absolute Gasteiger partial charge is 0.330 e. The fraction of sp³-hybridized carbons (Fsp3) is 0.227. The Bertz CT molecular complexity index is 1340. The maximum absolute atomic E-state index is 14.2. The molecule has 0 fully saturated rings. The van der Waals surface area contributed by atoms with Gasteiger partial charge in [0.2, 0.25) is 0 Å². The molecule has 0 atom stereocenters. The van der Waals surface area contributed by atoms with Crippen molar-refractivity contribution in [3.05, 3.63) is 95.9 Å². The third kappa shape index (κ3) is 5.35. The largest absolute Gasteiger partial charge is 0.383 e. The van der Waals surface area contributed by atoms with Gasteiger partial charge in [-0.2, -0.15) is 0 Å². The number of carbonyl (C=O) groups is 1. The van der Waals surface area contributed by atoms with Crippen LogP contribution in [0, 0.1) is 22.9 Å². The van der Waals surface area contributed by atoms with Crippen LogP contribution in [0.3, 0.4) is 0 Å². The first-order chi connectivity index (χ1) is 16.2. The number of carbonyl (C=O) groups excluding carboxylic acids is 1. The van der Waals surface area contributed by atoms with Crippen molar-refractivity contribution in [2.24, 2.45) is 0 Å². The Morgan fingerprint density at radius 3 is 2.59 bits per heavy atom. The van der Waals surface area contributed by atoms with Gasteiger partial charge in [0.25, 0.3) is 17.2 Å². The number of halogens is 1. The number of benzene rings is 2. The Morgan fingerprint density at radius 1 is 1.24 bits per heavy atom. The number of anilines is 2. The molecule has 0 saturated carbocycles. The highest BCUT2D eigenvalue weighted by Crippen LogP contribution is 2.24. The number of nitrogens with one attached hydrogen (secondary N) is 3. The predicted octanol–water partition coefficient (Wildman–Crippen LogP) is 2.40. The lowest BCUT2D eigenvalue weighted by molar-refractivity contribution is -0.385. The zero-order chi connectivity index (χ0) is 24.8. The maximum Gasteiger partial charge on any atom is 0.330 e. The first-order valence-corrected chi connectivity index (χ1v) is 10.1. The number of aromatic amines is 1. The highest BCUT2D eigenvalue weighted by atomic mass is 19.1. The molecule has 1 aromatic heterocycles. The monoisotopic (exact) mass is 471 g/mol. The molecule has 0 unspecified atom stereocenters. The summed E-state index contributed by atoms with van der Waals surface area (Å²) in [5.41, 5.74) is -2.03. The Balaban J connectivity index is 2.05. The second-order valence-corrected chi connectivity index (χ2v) is 7.28. The fourth-order valence-corrected chi connectivity index (χ4v) is 3.21. The van der Waals surface area contributed by atoms with E-state index >= 15 is 0 Å². The average Bonchev–Trinajstić information content (AvgIpc) is 2.80. The molecular weight excluding hydrogens is 449 g/mol. The molecule has 12 heteroatoms.